The number of hydrogen-bond acceptors (Lipinski definition) is 0. The van der Waals surface area contributed by atoms with Gasteiger partial charge in [-0.1, -0.05) is 57.8 Å². The third kappa shape index (κ3) is 10.6. The van der Waals surface area contributed by atoms with Gasteiger partial charge in [-0.3, -0.25) is 6.08 Å². The second-order valence-electron chi connectivity index (χ2n) is 3.78. The van der Waals surface area contributed by atoms with Crippen LogP contribution in [-0.2, 0) is 16.5 Å². The smallest absolute Gasteiger partial charge is 0 e. The van der Waals surface area contributed by atoms with Crippen LogP contribution in [0.5, 0.6) is 0 Å². The molecule has 0 fully saturated rings. The molecule has 0 aliphatic heterocycles. The maximum atomic E-state index is 3.38. The van der Waals surface area contributed by atoms with Crippen molar-refractivity contribution in [3.8, 4) is 0 Å². The third-order valence-electron chi connectivity index (χ3n) is 2.56. The van der Waals surface area contributed by atoms with Gasteiger partial charge in [-0.05, 0) is 0 Å². The molecule has 0 heterocycles. The Morgan fingerprint density at radius 2 is 1.21 bits per heavy atom. The Morgan fingerprint density at radius 3 is 1.86 bits per heavy atom. The molecular formula is C12H22ClNi-. The zero-order valence-corrected chi connectivity index (χ0v) is 10.7. The van der Waals surface area contributed by atoms with Crippen LogP contribution >= 0.6 is 12.4 Å². The average molecular weight is 260 g/mol. The largest absolute Gasteiger partial charge is 0.501 e. The fourth-order valence-corrected chi connectivity index (χ4v) is 1.74. The molecule has 0 N–H and O–H groups in total. The van der Waals surface area contributed by atoms with Crippen molar-refractivity contribution in [2.75, 3.05) is 0 Å². The number of halogens is 1. The van der Waals surface area contributed by atoms with Crippen LogP contribution in [0.4, 0.5) is 0 Å². The minimum atomic E-state index is 0. The van der Waals surface area contributed by atoms with Crippen LogP contribution in [0.1, 0.15) is 64.2 Å². The van der Waals surface area contributed by atoms with Crippen molar-refractivity contribution in [1.29, 1.82) is 0 Å². The van der Waals surface area contributed by atoms with Crippen molar-refractivity contribution in [1.82, 2.24) is 0 Å². The van der Waals surface area contributed by atoms with Gasteiger partial charge in [0.1, 0.15) is 0 Å². The fraction of sp³-hybridized carbons (Fsp3) is 0.833. The number of rotatable bonds is 0. The molecule has 88 valence electrons. The standard InChI is InChI=1S/C12H21.ClH.Ni/c1-2-4-6-8-10-12-11-9-7-5-3-1;;/h1H,2,4-12H2;1H;/q-1;;. The van der Waals surface area contributed by atoms with Crippen LogP contribution in [0.25, 0.3) is 0 Å². The van der Waals surface area contributed by atoms with E-state index in [0.29, 0.717) is 0 Å². The average Bonchev–Trinajstić information content (AvgIpc) is 2.05. The predicted octanol–water partition coefficient (Wildman–Crippen LogP) is 4.68. The minimum Gasteiger partial charge on any atom is -0.501 e. The molecule has 0 aromatic heterocycles. The summed E-state index contributed by atoms with van der Waals surface area (Å²) in [4.78, 5) is 0. The van der Waals surface area contributed by atoms with E-state index >= 15 is 0 Å². The summed E-state index contributed by atoms with van der Waals surface area (Å²) in [7, 11) is 0. The zero-order valence-electron chi connectivity index (χ0n) is 8.87. The van der Waals surface area contributed by atoms with Gasteiger partial charge in [0.2, 0.25) is 0 Å². The Kier molecular flexibility index (Phi) is 16.4. The molecule has 0 spiro atoms. The molecule has 0 aromatic rings. The fourth-order valence-electron chi connectivity index (χ4n) is 1.74. The van der Waals surface area contributed by atoms with Gasteiger partial charge in [0.15, 0.2) is 0 Å². The molecule has 1 aliphatic rings. The monoisotopic (exact) mass is 259 g/mol. The Morgan fingerprint density at radius 1 is 0.714 bits per heavy atom. The van der Waals surface area contributed by atoms with Gasteiger partial charge >= 0.3 is 0 Å². The minimum absolute atomic E-state index is 0. The molecule has 0 atom stereocenters. The molecule has 0 radical (unpaired) electrons. The summed E-state index contributed by atoms with van der Waals surface area (Å²) in [5.41, 5.74) is 0. The molecule has 14 heavy (non-hydrogen) atoms. The van der Waals surface area contributed by atoms with Crippen molar-refractivity contribution in [3.63, 3.8) is 0 Å². The second-order valence-corrected chi connectivity index (χ2v) is 3.78. The summed E-state index contributed by atoms with van der Waals surface area (Å²) >= 11 is 0. The Balaban J connectivity index is 0. The van der Waals surface area contributed by atoms with Crippen LogP contribution < -0.4 is 0 Å². The first-order valence-electron chi connectivity index (χ1n) is 5.55. The van der Waals surface area contributed by atoms with E-state index in [2.05, 4.69) is 12.2 Å². The van der Waals surface area contributed by atoms with Crippen LogP contribution in [0.15, 0.2) is 6.08 Å². The SMILES string of the molecule is Cl.[C-]1=CCCCCCCCCCC1.[Ni]. The summed E-state index contributed by atoms with van der Waals surface area (Å²) in [5, 5.41) is 0. The maximum Gasteiger partial charge on any atom is 0 e. The van der Waals surface area contributed by atoms with E-state index in [0.717, 1.165) is 0 Å². The normalized spacial score (nSPS) is 19.4. The van der Waals surface area contributed by atoms with Gasteiger partial charge in [0.05, 0.1) is 0 Å². The summed E-state index contributed by atoms with van der Waals surface area (Å²) in [6, 6.07) is 0. The van der Waals surface area contributed by atoms with Gasteiger partial charge < -0.3 is 6.08 Å². The van der Waals surface area contributed by atoms with Crippen molar-refractivity contribution in [2.45, 2.75) is 64.2 Å². The van der Waals surface area contributed by atoms with Crippen LogP contribution in [0.3, 0.4) is 0 Å². The Labute approximate surface area is 105 Å². The molecule has 0 aromatic carbocycles. The molecule has 0 bridgehead atoms. The van der Waals surface area contributed by atoms with E-state index in [4.69, 9.17) is 0 Å². The second kappa shape index (κ2) is 13.5. The molecule has 1 rings (SSSR count). The van der Waals surface area contributed by atoms with Gasteiger partial charge in [0.25, 0.3) is 0 Å². The summed E-state index contributed by atoms with van der Waals surface area (Å²) in [6.07, 6.45) is 19.5. The molecule has 0 unspecified atom stereocenters. The van der Waals surface area contributed by atoms with E-state index in [-0.39, 0.29) is 28.9 Å². The molecule has 0 nitrogen and oxygen atoms in total. The topological polar surface area (TPSA) is 0 Å². The van der Waals surface area contributed by atoms with Crippen molar-refractivity contribution in [3.05, 3.63) is 12.2 Å². The first-order chi connectivity index (χ1) is 6.00. The van der Waals surface area contributed by atoms with Crippen molar-refractivity contribution < 1.29 is 16.5 Å². The zero-order chi connectivity index (χ0) is 8.49. The van der Waals surface area contributed by atoms with E-state index in [1.807, 2.05) is 0 Å². The van der Waals surface area contributed by atoms with E-state index in [1.165, 1.54) is 64.2 Å². The van der Waals surface area contributed by atoms with E-state index < -0.39 is 0 Å². The maximum absolute atomic E-state index is 3.38. The number of allylic oxidation sites excluding steroid dienone is 2. The molecule has 0 amide bonds. The number of hydrogen-bond donors (Lipinski definition) is 0. The van der Waals surface area contributed by atoms with Gasteiger partial charge in [-0.25, -0.2) is 0 Å². The van der Waals surface area contributed by atoms with Crippen LogP contribution in [-0.4, -0.2) is 0 Å². The molecule has 0 saturated carbocycles. The summed E-state index contributed by atoms with van der Waals surface area (Å²) in [6.45, 7) is 0. The van der Waals surface area contributed by atoms with E-state index in [9.17, 15) is 0 Å². The summed E-state index contributed by atoms with van der Waals surface area (Å²) in [5.74, 6) is 0. The molecule has 1 aliphatic carbocycles. The first kappa shape index (κ1) is 16.9. The molecule has 0 saturated heterocycles. The predicted molar refractivity (Wildman–Crippen MR) is 61.2 cm³/mol. The quantitative estimate of drug-likeness (QED) is 0.438. The third-order valence-corrected chi connectivity index (χ3v) is 2.56. The summed E-state index contributed by atoms with van der Waals surface area (Å²) < 4.78 is 0. The molecule has 2 heteroatoms. The van der Waals surface area contributed by atoms with Crippen LogP contribution in [0.2, 0.25) is 0 Å². The molecular weight excluding hydrogens is 238 g/mol. The first-order valence-corrected chi connectivity index (χ1v) is 5.55. The van der Waals surface area contributed by atoms with Gasteiger partial charge in [0, 0.05) is 16.5 Å². The van der Waals surface area contributed by atoms with Crippen molar-refractivity contribution in [2.24, 2.45) is 0 Å². The van der Waals surface area contributed by atoms with Crippen molar-refractivity contribution >= 4 is 12.4 Å². The van der Waals surface area contributed by atoms with Gasteiger partial charge in [-0.2, -0.15) is 6.42 Å². The Bertz CT molecular complexity index is 109. The van der Waals surface area contributed by atoms with E-state index in [1.54, 1.807) is 0 Å². The van der Waals surface area contributed by atoms with Crippen LogP contribution in [0, 0.1) is 6.08 Å². The Hall–Kier alpha value is 0.524. The van der Waals surface area contributed by atoms with Gasteiger partial charge in [-0.15, -0.1) is 12.4 Å².